The van der Waals surface area contributed by atoms with Crippen molar-refractivity contribution < 1.29 is 8.78 Å². The molecule has 1 atom stereocenters. The minimum absolute atomic E-state index is 0.507. The largest absolute Gasteiger partial charge is 0.203 e. The molecule has 0 spiro atoms. The van der Waals surface area contributed by atoms with Gasteiger partial charge < -0.3 is 0 Å². The van der Waals surface area contributed by atoms with Gasteiger partial charge in [0, 0.05) is 5.56 Å². The van der Waals surface area contributed by atoms with Crippen LogP contribution in [-0.2, 0) is 6.42 Å². The first kappa shape index (κ1) is 30.5. The Labute approximate surface area is 239 Å². The molecule has 1 aromatic carbocycles. The Morgan fingerprint density at radius 3 is 2.05 bits per heavy atom. The molecule has 0 amide bonds. The maximum atomic E-state index is 14.9. The van der Waals surface area contributed by atoms with Gasteiger partial charge in [0.05, 0.1) is 0 Å². The van der Waals surface area contributed by atoms with Gasteiger partial charge in [-0.1, -0.05) is 82.7 Å². The highest BCUT2D eigenvalue weighted by Gasteiger charge is 2.31. The summed E-state index contributed by atoms with van der Waals surface area (Å²) in [6, 6.07) is 3.67. The summed E-state index contributed by atoms with van der Waals surface area (Å²) in [7, 11) is 0. The lowest BCUT2D eigenvalue weighted by Gasteiger charge is -2.38. The Hall–Kier alpha value is -1.44. The Balaban J connectivity index is 1.15. The molecule has 2 saturated carbocycles. The van der Waals surface area contributed by atoms with Gasteiger partial charge in [0.1, 0.15) is 0 Å². The summed E-state index contributed by atoms with van der Waals surface area (Å²) < 4.78 is 29.7. The summed E-state index contributed by atoms with van der Waals surface area (Å²) in [5.74, 6) is 3.34. The second kappa shape index (κ2) is 16.1. The van der Waals surface area contributed by atoms with E-state index < -0.39 is 11.6 Å². The van der Waals surface area contributed by atoms with Gasteiger partial charge in [0.25, 0.3) is 0 Å². The van der Waals surface area contributed by atoms with Crippen molar-refractivity contribution in [2.45, 2.75) is 142 Å². The topological polar surface area (TPSA) is 0 Å². The quantitative estimate of drug-likeness (QED) is 0.173. The summed E-state index contributed by atoms with van der Waals surface area (Å²) in [5, 5.41) is 0. The Bertz CT molecular complexity index is 912. The molecule has 39 heavy (non-hydrogen) atoms. The van der Waals surface area contributed by atoms with Gasteiger partial charge in [-0.2, -0.15) is 0 Å². The van der Waals surface area contributed by atoms with Crippen molar-refractivity contribution in [1.82, 2.24) is 0 Å². The fourth-order valence-corrected chi connectivity index (χ4v) is 7.94. The van der Waals surface area contributed by atoms with Crippen LogP contribution in [0.1, 0.15) is 147 Å². The van der Waals surface area contributed by atoms with Crippen molar-refractivity contribution in [3.05, 3.63) is 53.1 Å². The molecular formula is C37H56F2. The van der Waals surface area contributed by atoms with E-state index in [4.69, 9.17) is 0 Å². The third-order valence-corrected chi connectivity index (χ3v) is 10.6. The molecule has 0 saturated heterocycles. The molecule has 0 aromatic heterocycles. The third-order valence-electron chi connectivity index (χ3n) is 10.6. The molecule has 218 valence electrons. The second-order valence-electron chi connectivity index (χ2n) is 13.3. The van der Waals surface area contributed by atoms with E-state index in [1.807, 2.05) is 12.1 Å². The summed E-state index contributed by atoms with van der Waals surface area (Å²) in [4.78, 5) is 0. The van der Waals surface area contributed by atoms with Gasteiger partial charge in [-0.25, -0.2) is 8.78 Å². The van der Waals surface area contributed by atoms with Crippen LogP contribution in [0.15, 0.2) is 30.4 Å². The molecule has 0 bridgehead atoms. The van der Waals surface area contributed by atoms with E-state index >= 15 is 0 Å². The first-order valence-electron chi connectivity index (χ1n) is 16.9. The first-order valence-corrected chi connectivity index (χ1v) is 16.9. The third kappa shape index (κ3) is 9.02. The normalized spacial score (nSPS) is 28.1. The van der Waals surface area contributed by atoms with Crippen LogP contribution < -0.4 is 0 Å². The average molecular weight is 539 g/mol. The van der Waals surface area contributed by atoms with Gasteiger partial charge >= 0.3 is 0 Å². The fraction of sp³-hybridized carbons (Fsp3) is 0.730. The smallest absolute Gasteiger partial charge is 0.166 e. The Morgan fingerprint density at radius 2 is 1.41 bits per heavy atom. The van der Waals surface area contributed by atoms with Gasteiger partial charge in [-0.15, -0.1) is 0 Å². The molecule has 2 fully saturated rings. The monoisotopic (exact) mass is 538 g/mol. The molecule has 0 radical (unpaired) electrons. The van der Waals surface area contributed by atoms with Crippen molar-refractivity contribution in [1.29, 1.82) is 0 Å². The summed E-state index contributed by atoms with van der Waals surface area (Å²) >= 11 is 0. The molecule has 0 heterocycles. The summed E-state index contributed by atoms with van der Waals surface area (Å²) in [6.45, 7) is 4.40. The molecule has 3 aliphatic carbocycles. The predicted molar refractivity (Wildman–Crippen MR) is 164 cm³/mol. The van der Waals surface area contributed by atoms with Crippen LogP contribution in [-0.4, -0.2) is 0 Å². The van der Waals surface area contributed by atoms with Crippen molar-refractivity contribution in [2.24, 2.45) is 29.6 Å². The minimum atomic E-state index is -0.619. The van der Waals surface area contributed by atoms with Crippen LogP contribution in [0.2, 0.25) is 0 Å². The van der Waals surface area contributed by atoms with E-state index in [0.29, 0.717) is 23.5 Å². The first-order chi connectivity index (χ1) is 19.1. The van der Waals surface area contributed by atoms with E-state index in [2.05, 4.69) is 32.1 Å². The van der Waals surface area contributed by atoms with E-state index in [-0.39, 0.29) is 0 Å². The Morgan fingerprint density at radius 1 is 0.718 bits per heavy atom. The minimum Gasteiger partial charge on any atom is -0.203 e. The van der Waals surface area contributed by atoms with E-state index in [0.717, 1.165) is 74.2 Å². The van der Waals surface area contributed by atoms with E-state index in [9.17, 15) is 8.78 Å². The molecule has 0 aliphatic heterocycles. The second-order valence-corrected chi connectivity index (χ2v) is 13.3. The van der Waals surface area contributed by atoms with Gasteiger partial charge in [0.15, 0.2) is 11.6 Å². The lowest BCUT2D eigenvalue weighted by Crippen LogP contribution is -2.26. The number of hydrogen-bond acceptors (Lipinski definition) is 0. The molecule has 0 nitrogen and oxygen atoms in total. The number of hydrogen-bond donors (Lipinski definition) is 0. The number of halogens is 2. The number of allylic oxidation sites excluding steroid dienone is 4. The zero-order chi connectivity index (χ0) is 27.5. The van der Waals surface area contributed by atoms with Crippen LogP contribution in [0.4, 0.5) is 8.78 Å². The molecule has 4 rings (SSSR count). The van der Waals surface area contributed by atoms with Crippen molar-refractivity contribution in [2.75, 3.05) is 0 Å². The zero-order valence-corrected chi connectivity index (χ0v) is 25.2. The molecule has 2 heteroatoms. The van der Waals surface area contributed by atoms with Gasteiger partial charge in [-0.05, 0) is 131 Å². The summed E-state index contributed by atoms with van der Waals surface area (Å²) in [6.07, 6.45) is 31.8. The molecule has 0 N–H and O–H groups in total. The highest BCUT2D eigenvalue weighted by Crippen LogP contribution is 2.44. The number of aryl methyl sites for hydroxylation is 1. The maximum absolute atomic E-state index is 14.9. The predicted octanol–water partition coefficient (Wildman–Crippen LogP) is 12.0. The average Bonchev–Trinajstić information content (AvgIpc) is 2.97. The molecule has 1 aromatic rings. The van der Waals surface area contributed by atoms with Crippen molar-refractivity contribution >= 4 is 5.57 Å². The van der Waals surface area contributed by atoms with Crippen LogP contribution in [0, 0.1) is 41.2 Å². The molecule has 3 aliphatic rings. The SMILES string of the molecule is CC/C=C\CC1CCC(C2CCC(CCC3CC=C(c4ccc(CCCCCC)c(F)c4F)CC3)CC2)CC1. The summed E-state index contributed by atoms with van der Waals surface area (Å²) in [5.41, 5.74) is 2.08. The zero-order valence-electron chi connectivity index (χ0n) is 25.2. The van der Waals surface area contributed by atoms with Crippen LogP contribution in [0.5, 0.6) is 0 Å². The number of unbranched alkanes of at least 4 members (excludes halogenated alkanes) is 3. The standard InChI is InChI=1S/C37H56F2/c1-3-5-7-9-11-34-26-27-35(37(39)36(34)38)33-24-18-30(19-25-33)13-12-29-16-22-32(23-17-29)31-20-14-28(15-21-31)10-8-6-4-2/h6,8,24,26-32H,3-5,7,9-23,25H2,1-2H3/b8-6-. The Kier molecular flexibility index (Phi) is 12.6. The van der Waals surface area contributed by atoms with Crippen molar-refractivity contribution in [3.8, 4) is 0 Å². The molecule has 1 unspecified atom stereocenters. The van der Waals surface area contributed by atoms with Gasteiger partial charge in [-0.3, -0.25) is 0 Å². The van der Waals surface area contributed by atoms with E-state index in [1.165, 1.54) is 77.0 Å². The lowest BCUT2D eigenvalue weighted by atomic mass is 9.68. The number of rotatable bonds is 13. The highest BCUT2D eigenvalue weighted by atomic mass is 19.2. The fourth-order valence-electron chi connectivity index (χ4n) is 7.94. The van der Waals surface area contributed by atoms with Crippen LogP contribution in [0.25, 0.3) is 5.57 Å². The van der Waals surface area contributed by atoms with Crippen molar-refractivity contribution in [3.63, 3.8) is 0 Å². The van der Waals surface area contributed by atoms with E-state index in [1.54, 1.807) is 0 Å². The van der Waals surface area contributed by atoms with Crippen LogP contribution >= 0.6 is 0 Å². The molecular weight excluding hydrogens is 482 g/mol. The van der Waals surface area contributed by atoms with Crippen LogP contribution in [0.3, 0.4) is 0 Å². The lowest BCUT2D eigenvalue weighted by molar-refractivity contribution is 0.141. The number of benzene rings is 1. The van der Waals surface area contributed by atoms with Gasteiger partial charge in [0.2, 0.25) is 0 Å². The maximum Gasteiger partial charge on any atom is 0.166 e. The highest BCUT2D eigenvalue weighted by molar-refractivity contribution is 5.67.